The number of rotatable bonds is 9. The molecule has 1 amide bonds. The summed E-state index contributed by atoms with van der Waals surface area (Å²) >= 11 is 0. The third kappa shape index (κ3) is 6.30. The molecule has 2 heterocycles. The van der Waals surface area contributed by atoms with Crippen molar-refractivity contribution in [2.45, 2.75) is 39.0 Å². The summed E-state index contributed by atoms with van der Waals surface area (Å²) in [6, 6.07) is 5.46. The molecule has 178 valence electrons. The molecule has 2 aromatic rings. The minimum absolute atomic E-state index is 0.0621. The van der Waals surface area contributed by atoms with Crippen molar-refractivity contribution in [3.05, 3.63) is 45.6 Å². The molecule has 1 aliphatic rings. The number of aryl methyl sites for hydroxylation is 1. The lowest BCUT2D eigenvalue weighted by molar-refractivity contribution is -0.151. The number of esters is 1. The fraction of sp³-hybridized carbons (Fsp3) is 0.522. The number of hydrogen-bond acceptors (Lipinski definition) is 8. The summed E-state index contributed by atoms with van der Waals surface area (Å²) in [4.78, 5) is 41.3. The molecule has 0 spiro atoms. The van der Waals surface area contributed by atoms with E-state index in [1.165, 1.54) is 0 Å². The van der Waals surface area contributed by atoms with Crippen LogP contribution >= 0.6 is 0 Å². The fourth-order valence-electron chi connectivity index (χ4n) is 3.83. The van der Waals surface area contributed by atoms with Crippen molar-refractivity contribution < 1.29 is 23.8 Å². The summed E-state index contributed by atoms with van der Waals surface area (Å²) in [7, 11) is 3.12. The van der Waals surface area contributed by atoms with E-state index in [4.69, 9.17) is 14.2 Å². The van der Waals surface area contributed by atoms with Gasteiger partial charge in [0.2, 0.25) is 5.91 Å². The molecule has 33 heavy (non-hydrogen) atoms. The highest BCUT2D eigenvalue weighted by Crippen LogP contribution is 2.28. The van der Waals surface area contributed by atoms with E-state index in [0.717, 1.165) is 5.56 Å². The van der Waals surface area contributed by atoms with E-state index in [-0.39, 0.29) is 41.9 Å². The molecule has 0 saturated carbocycles. The van der Waals surface area contributed by atoms with Gasteiger partial charge >= 0.3 is 5.97 Å². The van der Waals surface area contributed by atoms with Crippen LogP contribution in [0.15, 0.2) is 23.0 Å². The predicted molar refractivity (Wildman–Crippen MR) is 119 cm³/mol. The summed E-state index contributed by atoms with van der Waals surface area (Å²) in [6.45, 7) is 3.16. The number of amides is 1. The Hall–Kier alpha value is -3.43. The van der Waals surface area contributed by atoms with E-state index >= 15 is 0 Å². The second-order valence-electron chi connectivity index (χ2n) is 7.82. The first-order valence-electron chi connectivity index (χ1n) is 11.0. The van der Waals surface area contributed by atoms with Gasteiger partial charge in [-0.05, 0) is 37.5 Å². The molecular formula is C23H30N4O6. The number of aromatic nitrogens is 3. The summed E-state index contributed by atoms with van der Waals surface area (Å²) < 4.78 is 15.6. The zero-order chi connectivity index (χ0) is 23.8. The van der Waals surface area contributed by atoms with Crippen molar-refractivity contribution in [3.63, 3.8) is 0 Å². The average molecular weight is 459 g/mol. The molecule has 0 bridgehead atoms. The minimum atomic E-state index is -0.353. The normalized spacial score (nSPS) is 14.1. The van der Waals surface area contributed by atoms with E-state index in [0.29, 0.717) is 56.3 Å². The predicted octanol–water partition coefficient (Wildman–Crippen LogP) is 1.51. The van der Waals surface area contributed by atoms with Crippen LogP contribution in [0.25, 0.3) is 0 Å². The van der Waals surface area contributed by atoms with Crippen LogP contribution in [0.1, 0.15) is 43.3 Å². The van der Waals surface area contributed by atoms with Crippen LogP contribution in [0.3, 0.4) is 0 Å². The van der Waals surface area contributed by atoms with Crippen molar-refractivity contribution in [1.29, 1.82) is 0 Å². The van der Waals surface area contributed by atoms with Gasteiger partial charge in [-0.15, -0.1) is 10.2 Å². The highest BCUT2D eigenvalue weighted by atomic mass is 16.5. The maximum absolute atomic E-state index is 12.5. The standard InChI is InChI=1S/C23H30N4O6/c1-4-33-23(30)16-9-11-27(12-10-16)21(28)8-6-17-22(29)24-20(26-25-17)14-15-5-7-18(31-2)19(13-15)32-3/h5,7,13,16H,4,6,8-12,14H2,1-3H3,(H,24,26,29). The molecule has 3 rings (SSSR count). The van der Waals surface area contributed by atoms with Crippen molar-refractivity contribution in [2.24, 2.45) is 5.92 Å². The van der Waals surface area contributed by atoms with E-state index in [9.17, 15) is 14.4 Å². The van der Waals surface area contributed by atoms with E-state index < -0.39 is 0 Å². The monoisotopic (exact) mass is 458 g/mol. The highest BCUT2D eigenvalue weighted by Gasteiger charge is 2.28. The number of hydrogen-bond donors (Lipinski definition) is 1. The Morgan fingerprint density at radius 2 is 1.85 bits per heavy atom. The van der Waals surface area contributed by atoms with Gasteiger partial charge < -0.3 is 24.1 Å². The molecule has 0 unspecified atom stereocenters. The van der Waals surface area contributed by atoms with Crippen LogP contribution in [-0.2, 0) is 27.2 Å². The fourth-order valence-corrected chi connectivity index (χ4v) is 3.83. The number of nitrogens with zero attached hydrogens (tertiary/aromatic N) is 3. The first-order chi connectivity index (χ1) is 15.9. The van der Waals surface area contributed by atoms with Gasteiger partial charge in [0.25, 0.3) is 5.56 Å². The lowest BCUT2D eigenvalue weighted by Crippen LogP contribution is -2.40. The SMILES string of the molecule is CCOC(=O)C1CCN(C(=O)CCc2nnc(Cc3ccc(OC)c(OC)c3)[nH]c2=O)CC1. The number of H-pyrrole nitrogens is 1. The molecule has 0 aliphatic carbocycles. The van der Waals surface area contributed by atoms with Gasteiger partial charge in [-0.3, -0.25) is 14.4 Å². The Morgan fingerprint density at radius 3 is 2.48 bits per heavy atom. The van der Waals surface area contributed by atoms with Gasteiger partial charge in [-0.25, -0.2) is 0 Å². The Morgan fingerprint density at radius 1 is 1.12 bits per heavy atom. The third-order valence-electron chi connectivity index (χ3n) is 5.67. The number of aromatic amines is 1. The molecule has 10 heteroatoms. The van der Waals surface area contributed by atoms with Crippen LogP contribution in [-0.4, -0.2) is 65.9 Å². The summed E-state index contributed by atoms with van der Waals surface area (Å²) in [5.74, 6) is 1.22. The van der Waals surface area contributed by atoms with Crippen molar-refractivity contribution in [1.82, 2.24) is 20.1 Å². The van der Waals surface area contributed by atoms with Gasteiger partial charge in [0.05, 0.1) is 26.7 Å². The first kappa shape index (κ1) is 24.2. The lowest BCUT2D eigenvalue weighted by atomic mass is 9.96. The Labute approximate surface area is 192 Å². The van der Waals surface area contributed by atoms with Gasteiger partial charge in [-0.1, -0.05) is 6.07 Å². The number of carbonyl (C=O) groups excluding carboxylic acids is 2. The molecule has 1 aromatic heterocycles. The van der Waals surface area contributed by atoms with Gasteiger partial charge in [0.15, 0.2) is 11.5 Å². The number of nitrogens with one attached hydrogen (secondary N) is 1. The maximum Gasteiger partial charge on any atom is 0.309 e. The maximum atomic E-state index is 12.5. The number of ether oxygens (including phenoxy) is 3. The molecule has 1 N–H and O–H groups in total. The van der Waals surface area contributed by atoms with Crippen LogP contribution in [0.2, 0.25) is 0 Å². The summed E-state index contributed by atoms with van der Waals surface area (Å²) in [6.07, 6.45) is 1.93. The van der Waals surface area contributed by atoms with E-state index in [2.05, 4.69) is 15.2 Å². The van der Waals surface area contributed by atoms with Gasteiger partial charge in [-0.2, -0.15) is 0 Å². The quantitative estimate of drug-likeness (QED) is 0.561. The van der Waals surface area contributed by atoms with Crippen molar-refractivity contribution in [2.75, 3.05) is 33.9 Å². The first-order valence-corrected chi connectivity index (χ1v) is 11.0. The average Bonchev–Trinajstić information content (AvgIpc) is 2.83. The minimum Gasteiger partial charge on any atom is -0.493 e. The second-order valence-corrected chi connectivity index (χ2v) is 7.82. The van der Waals surface area contributed by atoms with E-state index in [1.54, 1.807) is 32.1 Å². The van der Waals surface area contributed by atoms with Crippen LogP contribution in [0.5, 0.6) is 11.5 Å². The molecule has 1 saturated heterocycles. The summed E-state index contributed by atoms with van der Waals surface area (Å²) in [5.41, 5.74) is 0.752. The lowest BCUT2D eigenvalue weighted by Gasteiger charge is -2.30. The largest absolute Gasteiger partial charge is 0.493 e. The molecule has 1 fully saturated rings. The zero-order valence-corrected chi connectivity index (χ0v) is 19.3. The van der Waals surface area contributed by atoms with Crippen molar-refractivity contribution >= 4 is 11.9 Å². The Kier molecular flexibility index (Phi) is 8.39. The van der Waals surface area contributed by atoms with E-state index in [1.807, 2.05) is 12.1 Å². The second kappa shape index (κ2) is 11.4. The molecule has 1 aromatic carbocycles. The van der Waals surface area contributed by atoms with Crippen LogP contribution in [0.4, 0.5) is 0 Å². The molecule has 0 atom stereocenters. The van der Waals surface area contributed by atoms with Gasteiger partial charge in [0, 0.05) is 32.4 Å². The number of likely N-dealkylation sites (tertiary alicyclic amines) is 1. The zero-order valence-electron chi connectivity index (χ0n) is 19.3. The molecule has 10 nitrogen and oxygen atoms in total. The topological polar surface area (TPSA) is 124 Å². The highest BCUT2D eigenvalue weighted by molar-refractivity contribution is 5.77. The smallest absolute Gasteiger partial charge is 0.309 e. The number of benzene rings is 1. The van der Waals surface area contributed by atoms with Gasteiger partial charge in [0.1, 0.15) is 11.5 Å². The Bertz CT molecular complexity index is 1030. The number of carbonyl (C=O) groups is 2. The summed E-state index contributed by atoms with van der Waals surface area (Å²) in [5, 5.41) is 8.16. The molecule has 1 aliphatic heterocycles. The number of methoxy groups -OCH3 is 2. The number of piperidine rings is 1. The van der Waals surface area contributed by atoms with Crippen LogP contribution in [0, 0.1) is 5.92 Å². The van der Waals surface area contributed by atoms with Crippen molar-refractivity contribution in [3.8, 4) is 11.5 Å². The van der Waals surface area contributed by atoms with Crippen LogP contribution < -0.4 is 15.0 Å². The molecule has 0 radical (unpaired) electrons. The third-order valence-corrected chi connectivity index (χ3v) is 5.67. The Balaban J connectivity index is 1.53. The molecular weight excluding hydrogens is 428 g/mol.